The molecule has 1 saturated heterocycles. The van der Waals surface area contributed by atoms with Crippen molar-refractivity contribution in [3.63, 3.8) is 0 Å². The van der Waals surface area contributed by atoms with Crippen molar-refractivity contribution in [1.29, 1.82) is 0 Å². The number of amides is 1. The first kappa shape index (κ1) is 17.8. The van der Waals surface area contributed by atoms with Crippen LogP contribution in [0.25, 0.3) is 0 Å². The molecule has 0 unspecified atom stereocenters. The summed E-state index contributed by atoms with van der Waals surface area (Å²) in [7, 11) is 0. The van der Waals surface area contributed by atoms with Crippen LogP contribution in [-0.2, 0) is 13.0 Å². The van der Waals surface area contributed by atoms with Crippen molar-refractivity contribution in [3.05, 3.63) is 62.6 Å². The van der Waals surface area contributed by atoms with Gasteiger partial charge in [-0.3, -0.25) is 9.69 Å². The van der Waals surface area contributed by atoms with Crippen molar-refractivity contribution >= 4 is 33.4 Å². The lowest BCUT2D eigenvalue weighted by Gasteiger charge is -2.35. The first-order valence-electron chi connectivity index (χ1n) is 8.81. The monoisotopic (exact) mass is 434 g/mol. The molecule has 26 heavy (non-hydrogen) atoms. The molecule has 6 heteroatoms. The molecular formula is C20H20BrClN2O2. The van der Waals surface area contributed by atoms with E-state index in [-0.39, 0.29) is 5.91 Å². The fourth-order valence-corrected chi connectivity index (χ4v) is 4.10. The third kappa shape index (κ3) is 3.75. The minimum Gasteiger partial charge on any atom is -0.493 e. The second-order valence-electron chi connectivity index (χ2n) is 6.73. The highest BCUT2D eigenvalue weighted by atomic mass is 79.9. The van der Waals surface area contributed by atoms with Gasteiger partial charge in [0, 0.05) is 43.6 Å². The van der Waals surface area contributed by atoms with Crippen LogP contribution in [0.3, 0.4) is 0 Å². The van der Waals surface area contributed by atoms with Crippen LogP contribution < -0.4 is 4.74 Å². The molecule has 0 aliphatic carbocycles. The molecule has 2 aromatic rings. The summed E-state index contributed by atoms with van der Waals surface area (Å²) in [5.74, 6) is 1.03. The zero-order chi connectivity index (χ0) is 18.1. The topological polar surface area (TPSA) is 32.8 Å². The third-order valence-electron chi connectivity index (χ3n) is 4.98. The normalized spacial score (nSPS) is 17.1. The van der Waals surface area contributed by atoms with Gasteiger partial charge in [-0.2, -0.15) is 0 Å². The summed E-state index contributed by atoms with van der Waals surface area (Å²) in [6.45, 7) is 4.87. The van der Waals surface area contributed by atoms with Crippen LogP contribution in [0.1, 0.15) is 21.5 Å². The van der Waals surface area contributed by atoms with E-state index in [9.17, 15) is 4.79 Å². The van der Waals surface area contributed by atoms with E-state index < -0.39 is 0 Å². The quantitative estimate of drug-likeness (QED) is 0.731. The Labute approximate surface area is 166 Å². The fraction of sp³-hybridized carbons (Fsp3) is 0.350. The van der Waals surface area contributed by atoms with E-state index in [0.29, 0.717) is 10.6 Å². The van der Waals surface area contributed by atoms with Gasteiger partial charge in [-0.25, -0.2) is 0 Å². The maximum atomic E-state index is 12.8. The van der Waals surface area contributed by atoms with Gasteiger partial charge in [-0.05, 0) is 35.4 Å². The second kappa shape index (κ2) is 7.59. The fourth-order valence-electron chi connectivity index (χ4n) is 3.54. The Bertz CT molecular complexity index is 835. The Kier molecular flexibility index (Phi) is 5.20. The molecule has 2 aliphatic heterocycles. The van der Waals surface area contributed by atoms with Crippen molar-refractivity contribution < 1.29 is 9.53 Å². The summed E-state index contributed by atoms with van der Waals surface area (Å²) in [6, 6.07) is 11.9. The maximum absolute atomic E-state index is 12.8. The lowest BCUT2D eigenvalue weighted by molar-refractivity contribution is 0.0628. The number of halogens is 2. The number of rotatable bonds is 3. The molecule has 136 valence electrons. The van der Waals surface area contributed by atoms with Crippen LogP contribution in [0.2, 0.25) is 5.02 Å². The number of ether oxygens (including phenoxy) is 1. The predicted molar refractivity (Wildman–Crippen MR) is 106 cm³/mol. The number of hydrogen-bond donors (Lipinski definition) is 0. The lowest BCUT2D eigenvalue weighted by Crippen LogP contribution is -2.48. The molecule has 0 spiro atoms. The Morgan fingerprint density at radius 2 is 1.92 bits per heavy atom. The Morgan fingerprint density at radius 3 is 2.73 bits per heavy atom. The SMILES string of the molecule is O=C(c1cc(Br)ccc1Cl)N1CCN(Cc2ccc3c(c2)CCO3)CC1. The van der Waals surface area contributed by atoms with E-state index in [4.69, 9.17) is 16.3 Å². The zero-order valence-electron chi connectivity index (χ0n) is 14.4. The molecule has 2 heterocycles. The number of nitrogens with zero attached hydrogens (tertiary/aromatic N) is 2. The summed E-state index contributed by atoms with van der Waals surface area (Å²) in [5.41, 5.74) is 3.18. The lowest BCUT2D eigenvalue weighted by atomic mass is 10.1. The minimum atomic E-state index is 0.00521. The first-order chi connectivity index (χ1) is 12.6. The molecule has 0 radical (unpaired) electrons. The standard InChI is InChI=1S/C20H20BrClN2O2/c21-16-2-3-18(22)17(12-16)20(25)24-8-6-23(7-9-24)13-14-1-4-19-15(11-14)5-10-26-19/h1-4,11-12H,5-10,13H2. The van der Waals surface area contributed by atoms with E-state index in [1.165, 1.54) is 11.1 Å². The van der Waals surface area contributed by atoms with E-state index in [0.717, 1.165) is 56.0 Å². The summed E-state index contributed by atoms with van der Waals surface area (Å²) in [4.78, 5) is 17.0. The van der Waals surface area contributed by atoms with Crippen LogP contribution in [0.4, 0.5) is 0 Å². The van der Waals surface area contributed by atoms with Gasteiger partial charge < -0.3 is 9.64 Å². The van der Waals surface area contributed by atoms with Gasteiger partial charge in [0.25, 0.3) is 5.91 Å². The van der Waals surface area contributed by atoms with Crippen LogP contribution in [0.5, 0.6) is 5.75 Å². The number of piperazine rings is 1. The molecule has 0 saturated carbocycles. The number of benzene rings is 2. The highest BCUT2D eigenvalue weighted by Gasteiger charge is 2.24. The summed E-state index contributed by atoms with van der Waals surface area (Å²) in [6.07, 6.45) is 0.999. The average Bonchev–Trinajstić information content (AvgIpc) is 3.11. The Morgan fingerprint density at radius 1 is 1.12 bits per heavy atom. The molecule has 2 aromatic carbocycles. The largest absolute Gasteiger partial charge is 0.493 e. The molecule has 4 nitrogen and oxygen atoms in total. The number of carbonyl (C=O) groups is 1. The van der Waals surface area contributed by atoms with Crippen molar-refractivity contribution in [3.8, 4) is 5.75 Å². The maximum Gasteiger partial charge on any atom is 0.255 e. The van der Waals surface area contributed by atoms with Gasteiger partial charge in [0.15, 0.2) is 0 Å². The second-order valence-corrected chi connectivity index (χ2v) is 8.06. The number of fused-ring (bicyclic) bond motifs is 1. The van der Waals surface area contributed by atoms with Gasteiger partial charge in [-0.15, -0.1) is 0 Å². The summed E-state index contributed by atoms with van der Waals surface area (Å²) in [5, 5.41) is 0.501. The molecule has 4 rings (SSSR count). The van der Waals surface area contributed by atoms with E-state index in [1.807, 2.05) is 11.0 Å². The van der Waals surface area contributed by atoms with Gasteiger partial charge in [-0.1, -0.05) is 39.7 Å². The Hall–Kier alpha value is -1.56. The highest BCUT2D eigenvalue weighted by Crippen LogP contribution is 2.27. The number of carbonyl (C=O) groups excluding carboxylic acids is 1. The smallest absolute Gasteiger partial charge is 0.255 e. The molecule has 0 N–H and O–H groups in total. The molecular weight excluding hydrogens is 416 g/mol. The van der Waals surface area contributed by atoms with Crippen molar-refractivity contribution in [2.24, 2.45) is 0 Å². The van der Waals surface area contributed by atoms with Gasteiger partial charge in [0.1, 0.15) is 5.75 Å². The van der Waals surface area contributed by atoms with Crippen LogP contribution in [0, 0.1) is 0 Å². The Balaban J connectivity index is 1.36. The van der Waals surface area contributed by atoms with Gasteiger partial charge >= 0.3 is 0 Å². The summed E-state index contributed by atoms with van der Waals surface area (Å²) >= 11 is 9.61. The molecule has 1 amide bonds. The number of hydrogen-bond acceptors (Lipinski definition) is 3. The highest BCUT2D eigenvalue weighted by molar-refractivity contribution is 9.10. The zero-order valence-corrected chi connectivity index (χ0v) is 16.7. The minimum absolute atomic E-state index is 0.00521. The first-order valence-corrected chi connectivity index (χ1v) is 9.98. The van der Waals surface area contributed by atoms with Crippen LogP contribution in [0.15, 0.2) is 40.9 Å². The molecule has 0 bridgehead atoms. The van der Waals surface area contributed by atoms with Crippen molar-refractivity contribution in [2.75, 3.05) is 32.8 Å². The average molecular weight is 436 g/mol. The van der Waals surface area contributed by atoms with Crippen LogP contribution in [-0.4, -0.2) is 48.5 Å². The third-order valence-corrected chi connectivity index (χ3v) is 5.80. The molecule has 0 atom stereocenters. The summed E-state index contributed by atoms with van der Waals surface area (Å²) < 4.78 is 6.44. The van der Waals surface area contributed by atoms with E-state index in [1.54, 1.807) is 12.1 Å². The van der Waals surface area contributed by atoms with Gasteiger partial charge in [0.2, 0.25) is 0 Å². The van der Waals surface area contributed by atoms with E-state index in [2.05, 4.69) is 39.0 Å². The van der Waals surface area contributed by atoms with Crippen LogP contribution >= 0.6 is 27.5 Å². The molecule has 1 fully saturated rings. The van der Waals surface area contributed by atoms with Crippen molar-refractivity contribution in [2.45, 2.75) is 13.0 Å². The van der Waals surface area contributed by atoms with Crippen molar-refractivity contribution in [1.82, 2.24) is 9.80 Å². The predicted octanol–water partition coefficient (Wildman–Crippen LogP) is 4.00. The van der Waals surface area contributed by atoms with Gasteiger partial charge in [0.05, 0.1) is 17.2 Å². The molecule has 0 aromatic heterocycles. The van der Waals surface area contributed by atoms with E-state index >= 15 is 0 Å². The molecule has 2 aliphatic rings.